The van der Waals surface area contributed by atoms with Gasteiger partial charge in [-0.2, -0.15) is 0 Å². The van der Waals surface area contributed by atoms with Crippen LogP contribution in [0, 0.1) is 6.92 Å². The highest BCUT2D eigenvalue weighted by Crippen LogP contribution is 2.32. The number of benzene rings is 1. The summed E-state index contributed by atoms with van der Waals surface area (Å²) in [5, 5.41) is 2.77. The molecule has 144 valence electrons. The number of fused-ring (bicyclic) bond motifs is 1. The van der Waals surface area contributed by atoms with E-state index in [0.29, 0.717) is 22.9 Å². The van der Waals surface area contributed by atoms with Gasteiger partial charge in [-0.15, -0.1) is 11.3 Å². The smallest absolute Gasteiger partial charge is 0.349 e. The molecule has 1 aromatic heterocycles. The van der Waals surface area contributed by atoms with Crippen molar-refractivity contribution in [2.45, 2.75) is 46.3 Å². The lowest BCUT2D eigenvalue weighted by atomic mass is 10.1. The van der Waals surface area contributed by atoms with E-state index in [4.69, 9.17) is 14.2 Å². The van der Waals surface area contributed by atoms with E-state index in [1.807, 2.05) is 25.1 Å². The third kappa shape index (κ3) is 4.60. The highest BCUT2D eigenvalue weighted by atomic mass is 32.1. The highest BCUT2D eigenvalue weighted by Gasteiger charge is 2.21. The van der Waals surface area contributed by atoms with Crippen molar-refractivity contribution in [3.8, 4) is 11.5 Å². The lowest BCUT2D eigenvalue weighted by Crippen LogP contribution is -2.35. The SMILES string of the molecule is CCCc1cc(C(=O)O[C@H](C)C(=O)NCc2ccc3c(c2)OCO3)sc1C. The molecule has 0 bridgehead atoms. The van der Waals surface area contributed by atoms with Crippen molar-refractivity contribution in [1.82, 2.24) is 5.32 Å². The Morgan fingerprint density at radius 2 is 2.04 bits per heavy atom. The number of rotatable bonds is 7. The normalized spacial score (nSPS) is 13.3. The van der Waals surface area contributed by atoms with Gasteiger partial charge in [-0.3, -0.25) is 4.79 Å². The average molecular weight is 389 g/mol. The van der Waals surface area contributed by atoms with Crippen LogP contribution in [0.2, 0.25) is 0 Å². The topological polar surface area (TPSA) is 73.9 Å². The van der Waals surface area contributed by atoms with Gasteiger partial charge in [0.05, 0.1) is 0 Å². The molecular formula is C20H23NO5S. The minimum absolute atomic E-state index is 0.209. The molecule has 27 heavy (non-hydrogen) atoms. The van der Waals surface area contributed by atoms with Crippen LogP contribution >= 0.6 is 11.3 Å². The maximum atomic E-state index is 12.3. The van der Waals surface area contributed by atoms with E-state index in [-0.39, 0.29) is 12.7 Å². The van der Waals surface area contributed by atoms with E-state index >= 15 is 0 Å². The van der Waals surface area contributed by atoms with Crippen molar-refractivity contribution < 1.29 is 23.8 Å². The van der Waals surface area contributed by atoms with E-state index in [2.05, 4.69) is 12.2 Å². The van der Waals surface area contributed by atoms with Crippen LogP contribution < -0.4 is 14.8 Å². The fraction of sp³-hybridized carbons (Fsp3) is 0.400. The Morgan fingerprint density at radius 3 is 2.81 bits per heavy atom. The number of carbonyl (C=O) groups is 2. The molecule has 0 aliphatic carbocycles. The predicted octanol–water partition coefficient (Wildman–Crippen LogP) is 3.60. The lowest BCUT2D eigenvalue weighted by Gasteiger charge is -2.13. The maximum Gasteiger partial charge on any atom is 0.349 e. The number of ether oxygens (including phenoxy) is 3. The van der Waals surface area contributed by atoms with Gasteiger partial charge in [0.25, 0.3) is 5.91 Å². The molecule has 0 saturated carbocycles. The number of thiophene rings is 1. The molecule has 0 unspecified atom stereocenters. The van der Waals surface area contributed by atoms with Gasteiger partial charge in [0.15, 0.2) is 17.6 Å². The Labute approximate surface area is 162 Å². The number of esters is 1. The zero-order chi connectivity index (χ0) is 19.4. The monoisotopic (exact) mass is 389 g/mol. The summed E-state index contributed by atoms with van der Waals surface area (Å²) < 4.78 is 15.9. The molecule has 0 saturated heterocycles. The molecular weight excluding hydrogens is 366 g/mol. The van der Waals surface area contributed by atoms with Gasteiger partial charge < -0.3 is 19.5 Å². The number of nitrogens with one attached hydrogen (secondary N) is 1. The minimum atomic E-state index is -0.872. The highest BCUT2D eigenvalue weighted by molar-refractivity contribution is 7.14. The number of aryl methyl sites for hydroxylation is 2. The first-order valence-electron chi connectivity index (χ1n) is 8.94. The molecule has 7 heteroatoms. The maximum absolute atomic E-state index is 12.3. The average Bonchev–Trinajstić information content (AvgIpc) is 3.26. The van der Waals surface area contributed by atoms with Crippen LogP contribution in [0.5, 0.6) is 11.5 Å². The molecule has 3 rings (SSSR count). The molecule has 2 heterocycles. The van der Waals surface area contributed by atoms with E-state index in [1.54, 1.807) is 13.0 Å². The van der Waals surface area contributed by atoms with Gasteiger partial charge in [0.2, 0.25) is 6.79 Å². The second-order valence-corrected chi connectivity index (χ2v) is 7.65. The van der Waals surface area contributed by atoms with E-state index in [9.17, 15) is 9.59 Å². The Morgan fingerprint density at radius 1 is 1.26 bits per heavy atom. The van der Waals surface area contributed by atoms with Crippen LogP contribution in [0.4, 0.5) is 0 Å². The summed E-state index contributed by atoms with van der Waals surface area (Å²) >= 11 is 1.41. The third-order valence-electron chi connectivity index (χ3n) is 4.30. The quantitative estimate of drug-likeness (QED) is 0.733. The summed E-state index contributed by atoms with van der Waals surface area (Å²) in [6.45, 7) is 6.19. The van der Waals surface area contributed by atoms with E-state index < -0.39 is 12.1 Å². The second-order valence-electron chi connectivity index (χ2n) is 6.40. The summed E-state index contributed by atoms with van der Waals surface area (Å²) in [4.78, 5) is 26.2. The van der Waals surface area contributed by atoms with Crippen molar-refractivity contribution in [1.29, 1.82) is 0 Å². The molecule has 1 amide bonds. The standard InChI is InChI=1S/C20H23NO5S/c1-4-5-15-9-18(27-13(15)3)20(23)26-12(2)19(22)21-10-14-6-7-16-17(8-14)25-11-24-16/h6-9,12H,4-5,10-11H2,1-3H3,(H,21,22)/t12-/m1/s1. The van der Waals surface area contributed by atoms with Crippen LogP contribution in [-0.4, -0.2) is 24.8 Å². The molecule has 1 aromatic carbocycles. The van der Waals surface area contributed by atoms with Gasteiger partial charge in [-0.05, 0) is 49.6 Å². The fourth-order valence-electron chi connectivity index (χ4n) is 2.79. The van der Waals surface area contributed by atoms with Crippen LogP contribution in [0.25, 0.3) is 0 Å². The molecule has 0 fully saturated rings. The first kappa shape index (κ1) is 19.2. The second kappa shape index (κ2) is 8.43. The first-order valence-corrected chi connectivity index (χ1v) is 9.76. The zero-order valence-electron chi connectivity index (χ0n) is 15.7. The number of hydrogen-bond acceptors (Lipinski definition) is 6. The van der Waals surface area contributed by atoms with Gasteiger partial charge in [-0.25, -0.2) is 4.79 Å². The van der Waals surface area contributed by atoms with Crippen LogP contribution in [-0.2, 0) is 22.5 Å². The number of hydrogen-bond donors (Lipinski definition) is 1. The van der Waals surface area contributed by atoms with Crippen molar-refractivity contribution in [3.05, 3.63) is 45.1 Å². The fourth-order valence-corrected chi connectivity index (χ4v) is 3.75. The summed E-state index contributed by atoms with van der Waals surface area (Å²) in [7, 11) is 0. The molecule has 1 N–H and O–H groups in total. The molecule has 1 atom stereocenters. The Bertz CT molecular complexity index is 845. The van der Waals surface area contributed by atoms with E-state index in [0.717, 1.165) is 28.8 Å². The van der Waals surface area contributed by atoms with Crippen molar-refractivity contribution in [2.24, 2.45) is 0 Å². The Kier molecular flexibility index (Phi) is 6.01. The van der Waals surface area contributed by atoms with Crippen LogP contribution in [0.15, 0.2) is 24.3 Å². The van der Waals surface area contributed by atoms with Gasteiger partial charge in [0.1, 0.15) is 4.88 Å². The Balaban J connectivity index is 1.52. The number of carbonyl (C=O) groups excluding carboxylic acids is 2. The summed E-state index contributed by atoms with van der Waals surface area (Å²) in [5.74, 6) is 0.553. The van der Waals surface area contributed by atoms with Crippen molar-refractivity contribution >= 4 is 23.2 Å². The van der Waals surface area contributed by atoms with Crippen molar-refractivity contribution in [3.63, 3.8) is 0 Å². The lowest BCUT2D eigenvalue weighted by molar-refractivity contribution is -0.129. The molecule has 2 aromatic rings. The minimum Gasteiger partial charge on any atom is -0.454 e. The zero-order valence-corrected chi connectivity index (χ0v) is 16.5. The first-order chi connectivity index (χ1) is 13.0. The molecule has 0 spiro atoms. The van der Waals surface area contributed by atoms with Gasteiger partial charge >= 0.3 is 5.97 Å². The Hall–Kier alpha value is -2.54. The number of amides is 1. The summed E-state index contributed by atoms with van der Waals surface area (Å²) in [5.41, 5.74) is 2.04. The summed E-state index contributed by atoms with van der Waals surface area (Å²) in [6.07, 6.45) is 1.08. The predicted molar refractivity (Wildman–Crippen MR) is 102 cm³/mol. The van der Waals surface area contributed by atoms with Crippen LogP contribution in [0.1, 0.15) is 45.9 Å². The third-order valence-corrected chi connectivity index (χ3v) is 5.37. The van der Waals surface area contributed by atoms with E-state index in [1.165, 1.54) is 11.3 Å². The molecule has 1 aliphatic heterocycles. The largest absolute Gasteiger partial charge is 0.454 e. The van der Waals surface area contributed by atoms with Crippen LogP contribution in [0.3, 0.4) is 0 Å². The molecule has 6 nitrogen and oxygen atoms in total. The van der Waals surface area contributed by atoms with Gasteiger partial charge in [0, 0.05) is 11.4 Å². The van der Waals surface area contributed by atoms with Gasteiger partial charge in [-0.1, -0.05) is 19.4 Å². The van der Waals surface area contributed by atoms with Crippen molar-refractivity contribution in [2.75, 3.05) is 6.79 Å². The molecule has 0 radical (unpaired) electrons. The molecule has 1 aliphatic rings. The summed E-state index contributed by atoms with van der Waals surface area (Å²) in [6, 6.07) is 7.35.